The molecule has 0 aromatic heterocycles. The Balaban J connectivity index is 2.48. The molecule has 0 aliphatic carbocycles. The fourth-order valence-corrected chi connectivity index (χ4v) is 3.08. The van der Waals surface area contributed by atoms with E-state index < -0.39 is 11.0 Å². The van der Waals surface area contributed by atoms with E-state index in [9.17, 15) is 25.1 Å². The predicted molar refractivity (Wildman–Crippen MR) is 80.3 cm³/mol. The first kappa shape index (κ1) is 16.1. The van der Waals surface area contributed by atoms with Gasteiger partial charge in [0.15, 0.2) is 5.75 Å². The summed E-state index contributed by atoms with van der Waals surface area (Å²) in [6.07, 6.45) is 0.0353. The molecule has 0 bridgehead atoms. The number of hydrogen-bond acceptors (Lipinski definition) is 4. The van der Waals surface area contributed by atoms with E-state index in [0.717, 1.165) is 12.0 Å². The summed E-state index contributed by atoms with van der Waals surface area (Å²) in [6, 6.07) is 2.96. The second-order valence-electron chi connectivity index (χ2n) is 6.06. The molecule has 22 heavy (non-hydrogen) atoms. The molecule has 1 aliphatic rings. The number of nitro groups is 1. The van der Waals surface area contributed by atoms with Crippen molar-refractivity contribution in [3.8, 4) is 5.75 Å². The van der Waals surface area contributed by atoms with E-state index in [1.54, 1.807) is 6.07 Å². The van der Waals surface area contributed by atoms with Gasteiger partial charge in [-0.3, -0.25) is 10.1 Å². The lowest BCUT2D eigenvalue weighted by molar-refractivity contribution is -0.385. The summed E-state index contributed by atoms with van der Waals surface area (Å²) in [4.78, 5) is 23.0. The third kappa shape index (κ3) is 3.13. The van der Waals surface area contributed by atoms with Crippen molar-refractivity contribution >= 4 is 11.8 Å². The van der Waals surface area contributed by atoms with Crippen molar-refractivity contribution in [3.05, 3.63) is 33.4 Å². The summed E-state index contributed by atoms with van der Waals surface area (Å²) >= 11 is 0. The number of phenolic OH excluding ortho intramolecular Hbond substituents is 1. The predicted octanol–water partition coefficient (Wildman–Crippen LogP) is 2.97. The Morgan fingerprint density at radius 3 is 2.73 bits per heavy atom. The Labute approximate surface area is 128 Å². The summed E-state index contributed by atoms with van der Waals surface area (Å²) in [6.45, 7) is 4.66. The third-order valence-electron chi connectivity index (χ3n) is 4.03. The fourth-order valence-electron chi connectivity index (χ4n) is 3.08. The van der Waals surface area contributed by atoms with E-state index in [2.05, 4.69) is 0 Å². The van der Waals surface area contributed by atoms with E-state index >= 15 is 0 Å². The average Bonchev–Trinajstić information content (AvgIpc) is 2.59. The first-order valence-corrected chi connectivity index (χ1v) is 7.28. The highest BCUT2D eigenvalue weighted by atomic mass is 16.6. The topological polar surface area (TPSA) is 104 Å². The number of nitro benzene ring substituents is 1. The van der Waals surface area contributed by atoms with Crippen molar-refractivity contribution in [1.82, 2.24) is 4.90 Å². The molecule has 2 rings (SSSR count). The number of carbonyl (C=O) groups is 1. The summed E-state index contributed by atoms with van der Waals surface area (Å²) in [7, 11) is 0. The van der Waals surface area contributed by atoms with Gasteiger partial charge in [-0.25, -0.2) is 4.79 Å². The molecule has 7 heteroatoms. The van der Waals surface area contributed by atoms with Gasteiger partial charge >= 0.3 is 11.8 Å². The minimum Gasteiger partial charge on any atom is -0.502 e. The highest BCUT2D eigenvalue weighted by Gasteiger charge is 2.30. The number of fused-ring (bicyclic) bond motifs is 1. The molecule has 2 N–H and O–H groups in total. The SMILES string of the molecule is CC(C)CC1CN(C(=O)O)CCc2c1ccc([N+](=O)[O-])c2O. The molecule has 1 amide bonds. The number of benzene rings is 1. The van der Waals surface area contributed by atoms with Crippen molar-refractivity contribution in [2.75, 3.05) is 13.1 Å². The second kappa shape index (κ2) is 6.21. The van der Waals surface area contributed by atoms with Gasteiger partial charge in [0.25, 0.3) is 0 Å². The molecule has 0 radical (unpaired) electrons. The van der Waals surface area contributed by atoms with Crippen LogP contribution >= 0.6 is 0 Å². The van der Waals surface area contributed by atoms with Gasteiger partial charge < -0.3 is 15.1 Å². The first-order valence-electron chi connectivity index (χ1n) is 7.28. The Morgan fingerprint density at radius 1 is 1.50 bits per heavy atom. The smallest absolute Gasteiger partial charge is 0.407 e. The van der Waals surface area contributed by atoms with Crippen LogP contribution < -0.4 is 0 Å². The van der Waals surface area contributed by atoms with Crippen molar-refractivity contribution < 1.29 is 19.9 Å². The normalized spacial score (nSPS) is 18.0. The molecule has 1 unspecified atom stereocenters. The first-order chi connectivity index (χ1) is 10.3. The quantitative estimate of drug-likeness (QED) is 0.660. The highest BCUT2D eigenvalue weighted by Crippen LogP contribution is 2.39. The molecule has 1 heterocycles. The van der Waals surface area contributed by atoms with E-state index in [-0.39, 0.29) is 30.3 Å². The fraction of sp³-hybridized carbons (Fsp3) is 0.533. The molecule has 120 valence electrons. The molecule has 1 aromatic rings. The average molecular weight is 308 g/mol. The maximum absolute atomic E-state index is 11.3. The third-order valence-corrected chi connectivity index (χ3v) is 4.03. The number of carboxylic acid groups (broad SMARTS) is 1. The van der Waals surface area contributed by atoms with Gasteiger partial charge in [-0.2, -0.15) is 0 Å². The molecule has 1 aliphatic heterocycles. The van der Waals surface area contributed by atoms with Crippen molar-refractivity contribution in [2.24, 2.45) is 5.92 Å². The Morgan fingerprint density at radius 2 is 2.18 bits per heavy atom. The van der Waals surface area contributed by atoms with Gasteiger partial charge in [-0.05, 0) is 24.3 Å². The zero-order chi connectivity index (χ0) is 16.4. The Kier molecular flexibility index (Phi) is 4.54. The van der Waals surface area contributed by atoms with Crippen molar-refractivity contribution in [1.29, 1.82) is 0 Å². The summed E-state index contributed by atoms with van der Waals surface area (Å²) in [5.74, 6) is -0.0484. The molecule has 0 saturated carbocycles. The zero-order valence-electron chi connectivity index (χ0n) is 12.7. The number of aromatic hydroxyl groups is 1. The number of amides is 1. The van der Waals surface area contributed by atoms with Gasteiger partial charge in [0.05, 0.1) is 4.92 Å². The molecule has 0 saturated heterocycles. The minimum atomic E-state index is -1.00. The zero-order valence-corrected chi connectivity index (χ0v) is 12.7. The highest BCUT2D eigenvalue weighted by molar-refractivity contribution is 5.66. The van der Waals surface area contributed by atoms with E-state index in [0.29, 0.717) is 18.0 Å². The molecular formula is C15H20N2O5. The van der Waals surface area contributed by atoms with Gasteiger partial charge in [0.1, 0.15) is 0 Å². The van der Waals surface area contributed by atoms with Crippen molar-refractivity contribution in [3.63, 3.8) is 0 Å². The van der Waals surface area contributed by atoms with Gasteiger partial charge in [0, 0.05) is 30.6 Å². The van der Waals surface area contributed by atoms with Crippen LogP contribution in [-0.4, -0.2) is 39.2 Å². The summed E-state index contributed by atoms with van der Waals surface area (Å²) < 4.78 is 0. The molecule has 1 aromatic carbocycles. The van der Waals surface area contributed by atoms with Crippen LogP contribution in [0.2, 0.25) is 0 Å². The summed E-state index contributed by atoms with van der Waals surface area (Å²) in [5.41, 5.74) is 0.995. The van der Waals surface area contributed by atoms with Crippen LogP contribution in [0.1, 0.15) is 37.3 Å². The van der Waals surface area contributed by atoms with E-state index in [1.807, 2.05) is 13.8 Å². The Hall–Kier alpha value is -2.31. The largest absolute Gasteiger partial charge is 0.502 e. The standard InChI is InChI=1S/C15H20N2O5/c1-9(2)7-10-8-16(15(19)20)6-5-12-11(10)3-4-13(14(12)18)17(21)22/h3-4,9-10,18H,5-8H2,1-2H3,(H,19,20). The molecule has 0 spiro atoms. The molecule has 1 atom stereocenters. The molecule has 7 nitrogen and oxygen atoms in total. The van der Waals surface area contributed by atoms with E-state index in [4.69, 9.17) is 0 Å². The molecule has 0 fully saturated rings. The van der Waals surface area contributed by atoms with Crippen LogP contribution in [0.5, 0.6) is 5.75 Å². The maximum atomic E-state index is 11.3. The van der Waals surface area contributed by atoms with Gasteiger partial charge in [-0.1, -0.05) is 19.9 Å². The minimum absolute atomic E-state index is 0.0692. The maximum Gasteiger partial charge on any atom is 0.407 e. The number of rotatable bonds is 3. The number of hydrogen-bond donors (Lipinski definition) is 2. The van der Waals surface area contributed by atoms with Crippen LogP contribution in [0.15, 0.2) is 12.1 Å². The lowest BCUT2D eigenvalue weighted by Crippen LogP contribution is -2.33. The summed E-state index contributed by atoms with van der Waals surface area (Å²) in [5, 5.41) is 30.4. The van der Waals surface area contributed by atoms with Crippen LogP contribution in [0.25, 0.3) is 0 Å². The monoisotopic (exact) mass is 308 g/mol. The van der Waals surface area contributed by atoms with Crippen LogP contribution in [0.4, 0.5) is 10.5 Å². The molecular weight excluding hydrogens is 288 g/mol. The van der Waals surface area contributed by atoms with E-state index in [1.165, 1.54) is 11.0 Å². The van der Waals surface area contributed by atoms with Crippen LogP contribution in [0, 0.1) is 16.0 Å². The number of nitrogens with zero attached hydrogens (tertiary/aromatic N) is 2. The lowest BCUT2D eigenvalue weighted by Gasteiger charge is -2.24. The van der Waals surface area contributed by atoms with Crippen molar-refractivity contribution in [2.45, 2.75) is 32.6 Å². The van der Waals surface area contributed by atoms with Crippen LogP contribution in [-0.2, 0) is 6.42 Å². The number of phenols is 1. The van der Waals surface area contributed by atoms with Gasteiger partial charge in [-0.15, -0.1) is 0 Å². The lowest BCUT2D eigenvalue weighted by atomic mass is 9.86. The second-order valence-corrected chi connectivity index (χ2v) is 6.06. The Bertz CT molecular complexity index is 600. The van der Waals surface area contributed by atoms with Gasteiger partial charge in [0.2, 0.25) is 0 Å². The van der Waals surface area contributed by atoms with Crippen LogP contribution in [0.3, 0.4) is 0 Å².